The third-order valence-electron chi connectivity index (χ3n) is 3.68. The number of carbonyl (C=O) groups is 3. The molecule has 2 amide bonds. The highest BCUT2D eigenvalue weighted by atomic mass is 35.5. The molecule has 0 saturated heterocycles. The monoisotopic (exact) mass is 354 g/mol. The van der Waals surface area contributed by atoms with Crippen LogP contribution in [0.25, 0.3) is 0 Å². The van der Waals surface area contributed by atoms with Crippen LogP contribution in [-0.4, -0.2) is 23.9 Å². The molecule has 0 radical (unpaired) electrons. The quantitative estimate of drug-likeness (QED) is 0.624. The average Bonchev–Trinajstić information content (AvgIpc) is 2.86. The number of para-hydroxylation sites is 1. The fourth-order valence-corrected chi connectivity index (χ4v) is 2.69. The van der Waals surface area contributed by atoms with Gasteiger partial charge in [0, 0.05) is 0 Å². The Morgan fingerprint density at radius 3 is 2.52 bits per heavy atom. The summed E-state index contributed by atoms with van der Waals surface area (Å²) in [4.78, 5) is 38.2. The molecule has 124 valence electrons. The molecule has 0 N–H and O–H groups in total. The van der Waals surface area contributed by atoms with E-state index in [0.29, 0.717) is 0 Å². The number of hydrogen-bond donors (Lipinski definition) is 0. The molecule has 0 saturated carbocycles. The number of amides is 2. The maximum absolute atomic E-state index is 12.7. The van der Waals surface area contributed by atoms with Gasteiger partial charge in [0.1, 0.15) is 6.07 Å². The van der Waals surface area contributed by atoms with Crippen LogP contribution >= 0.6 is 11.6 Å². The number of halogens is 1. The molecule has 1 aliphatic rings. The maximum Gasteiger partial charge on any atom is 0.339 e. The Morgan fingerprint density at radius 1 is 1.16 bits per heavy atom. The summed E-state index contributed by atoms with van der Waals surface area (Å²) in [5.41, 5.74) is 0.624. The third kappa shape index (κ3) is 2.86. The Hall–Kier alpha value is -3.17. The van der Waals surface area contributed by atoms with E-state index in [1.807, 2.05) is 0 Å². The van der Waals surface area contributed by atoms with Crippen LogP contribution in [0.4, 0.5) is 5.69 Å². The second-order valence-electron chi connectivity index (χ2n) is 5.33. The van der Waals surface area contributed by atoms with Crippen LogP contribution in [-0.2, 0) is 4.74 Å². The Balaban J connectivity index is 1.98. The number of esters is 1. The molecule has 0 bridgehead atoms. The van der Waals surface area contributed by atoms with Crippen molar-refractivity contribution in [3.63, 3.8) is 0 Å². The van der Waals surface area contributed by atoms with E-state index in [1.54, 1.807) is 30.3 Å². The van der Waals surface area contributed by atoms with Crippen LogP contribution in [0.3, 0.4) is 0 Å². The largest absolute Gasteiger partial charge is 0.444 e. The van der Waals surface area contributed by atoms with E-state index in [9.17, 15) is 14.4 Å². The van der Waals surface area contributed by atoms with Crippen molar-refractivity contribution in [3.05, 3.63) is 64.2 Å². The van der Waals surface area contributed by atoms with Crippen LogP contribution in [0.1, 0.15) is 38.0 Å². The van der Waals surface area contributed by atoms with Gasteiger partial charge < -0.3 is 4.74 Å². The van der Waals surface area contributed by atoms with E-state index < -0.39 is 23.9 Å². The van der Waals surface area contributed by atoms with Gasteiger partial charge in [0.25, 0.3) is 11.8 Å². The fraction of sp³-hybridized carbons (Fsp3) is 0.111. The summed E-state index contributed by atoms with van der Waals surface area (Å²) in [5, 5.41) is 8.97. The third-order valence-corrected chi connectivity index (χ3v) is 4.00. The van der Waals surface area contributed by atoms with Gasteiger partial charge in [-0.3, -0.25) is 9.59 Å². The van der Waals surface area contributed by atoms with Gasteiger partial charge >= 0.3 is 5.97 Å². The van der Waals surface area contributed by atoms with E-state index in [-0.39, 0.29) is 27.4 Å². The lowest BCUT2D eigenvalue weighted by Gasteiger charge is -2.15. The molecular weight excluding hydrogens is 344 g/mol. The van der Waals surface area contributed by atoms with Crippen molar-refractivity contribution in [1.82, 2.24) is 0 Å². The number of nitrogens with zero attached hydrogens (tertiary/aromatic N) is 2. The molecule has 3 rings (SSSR count). The van der Waals surface area contributed by atoms with E-state index in [4.69, 9.17) is 21.6 Å². The zero-order valence-electron chi connectivity index (χ0n) is 13.0. The van der Waals surface area contributed by atoms with Crippen molar-refractivity contribution in [2.24, 2.45) is 0 Å². The van der Waals surface area contributed by atoms with Gasteiger partial charge in [-0.15, -0.1) is 0 Å². The van der Waals surface area contributed by atoms with E-state index in [2.05, 4.69) is 0 Å². The molecular formula is C18H11ClN2O4. The highest BCUT2D eigenvalue weighted by Crippen LogP contribution is 2.33. The van der Waals surface area contributed by atoms with Gasteiger partial charge in [-0.05, 0) is 37.3 Å². The molecule has 2 aromatic carbocycles. The average molecular weight is 355 g/mol. The SMILES string of the molecule is C[C@@H](C#N)OC(=O)c1ccc2c(c1)C(=O)N(c1ccccc1Cl)C2=O. The smallest absolute Gasteiger partial charge is 0.339 e. The molecule has 6 nitrogen and oxygen atoms in total. The van der Waals surface area contributed by atoms with Crippen LogP contribution in [0.5, 0.6) is 0 Å². The molecule has 0 fully saturated rings. The topological polar surface area (TPSA) is 87.5 Å². The lowest BCUT2D eigenvalue weighted by Crippen LogP contribution is -2.29. The number of fused-ring (bicyclic) bond motifs is 1. The number of anilines is 1. The highest BCUT2D eigenvalue weighted by Gasteiger charge is 2.38. The fourth-order valence-electron chi connectivity index (χ4n) is 2.47. The molecule has 0 spiro atoms. The number of carbonyl (C=O) groups excluding carboxylic acids is 3. The second-order valence-corrected chi connectivity index (χ2v) is 5.74. The Labute approximate surface area is 148 Å². The maximum atomic E-state index is 12.7. The first-order valence-corrected chi connectivity index (χ1v) is 7.69. The van der Waals surface area contributed by atoms with Gasteiger partial charge in [0.15, 0.2) is 6.10 Å². The van der Waals surface area contributed by atoms with Gasteiger partial charge in [-0.25, -0.2) is 9.69 Å². The predicted octanol–water partition coefficient (Wildman–Crippen LogP) is 3.21. The summed E-state index contributed by atoms with van der Waals surface area (Å²) in [7, 11) is 0. The van der Waals surface area contributed by atoms with E-state index in [0.717, 1.165) is 4.90 Å². The molecule has 0 aromatic heterocycles. The number of rotatable bonds is 3. The second kappa shape index (κ2) is 6.38. The lowest BCUT2D eigenvalue weighted by molar-refractivity contribution is 0.0435. The highest BCUT2D eigenvalue weighted by molar-refractivity contribution is 6.39. The van der Waals surface area contributed by atoms with Crippen LogP contribution < -0.4 is 4.90 Å². The summed E-state index contributed by atoms with van der Waals surface area (Å²) >= 11 is 6.08. The van der Waals surface area contributed by atoms with Crippen molar-refractivity contribution < 1.29 is 19.1 Å². The van der Waals surface area contributed by atoms with Crippen molar-refractivity contribution in [3.8, 4) is 6.07 Å². The van der Waals surface area contributed by atoms with Gasteiger partial charge in [-0.1, -0.05) is 23.7 Å². The number of benzene rings is 2. The molecule has 2 aromatic rings. The minimum Gasteiger partial charge on any atom is -0.444 e. The summed E-state index contributed by atoms with van der Waals surface area (Å²) < 4.78 is 4.91. The standard InChI is InChI=1S/C18H11ClN2O4/c1-10(9-20)25-18(24)11-6-7-12-13(8-11)17(23)21(16(12)22)15-5-3-2-4-14(15)19/h2-8,10H,1H3/t10-/m0/s1. The number of hydrogen-bond acceptors (Lipinski definition) is 5. The normalized spacial score (nSPS) is 14.0. The minimum atomic E-state index is -0.919. The summed E-state index contributed by atoms with van der Waals surface area (Å²) in [6.45, 7) is 1.43. The van der Waals surface area contributed by atoms with Crippen molar-refractivity contribution >= 4 is 35.1 Å². The first-order valence-electron chi connectivity index (χ1n) is 7.32. The van der Waals surface area contributed by atoms with Crippen LogP contribution in [0, 0.1) is 11.3 Å². The van der Waals surface area contributed by atoms with Crippen molar-refractivity contribution in [2.45, 2.75) is 13.0 Å². The first-order chi connectivity index (χ1) is 11.9. The van der Waals surface area contributed by atoms with Gasteiger partial charge in [0.05, 0.1) is 27.4 Å². The first kappa shape index (κ1) is 16.7. The summed E-state index contributed by atoms with van der Waals surface area (Å²) in [6, 6.07) is 12.3. The molecule has 1 atom stereocenters. The number of ether oxygens (including phenoxy) is 1. The van der Waals surface area contributed by atoms with Gasteiger partial charge in [-0.2, -0.15) is 5.26 Å². The zero-order chi connectivity index (χ0) is 18.1. The molecule has 1 heterocycles. The summed E-state index contributed by atoms with van der Waals surface area (Å²) in [6.07, 6.45) is -0.919. The Kier molecular flexibility index (Phi) is 4.26. The van der Waals surface area contributed by atoms with Crippen LogP contribution in [0.15, 0.2) is 42.5 Å². The van der Waals surface area contributed by atoms with Crippen molar-refractivity contribution in [1.29, 1.82) is 5.26 Å². The molecule has 1 aliphatic heterocycles. The number of nitriles is 1. The van der Waals surface area contributed by atoms with E-state index in [1.165, 1.54) is 25.1 Å². The van der Waals surface area contributed by atoms with E-state index >= 15 is 0 Å². The molecule has 0 unspecified atom stereocenters. The number of imide groups is 1. The molecule has 0 aliphatic carbocycles. The Bertz CT molecular complexity index is 948. The van der Waals surface area contributed by atoms with Gasteiger partial charge in [0.2, 0.25) is 0 Å². The molecule has 25 heavy (non-hydrogen) atoms. The Morgan fingerprint density at radius 2 is 1.84 bits per heavy atom. The molecule has 7 heteroatoms. The van der Waals surface area contributed by atoms with Crippen molar-refractivity contribution in [2.75, 3.05) is 4.90 Å². The minimum absolute atomic E-state index is 0.0861. The predicted molar refractivity (Wildman–Crippen MR) is 89.5 cm³/mol. The van der Waals surface area contributed by atoms with Crippen LogP contribution in [0.2, 0.25) is 5.02 Å². The zero-order valence-corrected chi connectivity index (χ0v) is 13.8. The lowest BCUT2D eigenvalue weighted by atomic mass is 10.1. The summed E-state index contributed by atoms with van der Waals surface area (Å²) in [5.74, 6) is -1.83.